The van der Waals surface area contributed by atoms with E-state index in [1.807, 2.05) is 19.2 Å². The predicted molar refractivity (Wildman–Crippen MR) is 82.8 cm³/mol. The SMILES string of the molecule is CNC(Cc1cc(Cl)cc2c1OCC2)C(OC)C(C)C. The number of hydrogen-bond acceptors (Lipinski definition) is 3. The van der Waals surface area contributed by atoms with E-state index >= 15 is 0 Å². The molecule has 0 aliphatic carbocycles. The third-order valence-corrected chi connectivity index (χ3v) is 4.18. The van der Waals surface area contributed by atoms with Gasteiger partial charge in [0.25, 0.3) is 0 Å². The molecule has 2 unspecified atom stereocenters. The minimum Gasteiger partial charge on any atom is -0.493 e. The fourth-order valence-corrected chi connectivity index (χ4v) is 3.28. The Labute approximate surface area is 126 Å². The van der Waals surface area contributed by atoms with E-state index in [0.717, 1.165) is 30.2 Å². The smallest absolute Gasteiger partial charge is 0.125 e. The lowest BCUT2D eigenvalue weighted by atomic mass is 9.93. The molecule has 0 saturated heterocycles. The van der Waals surface area contributed by atoms with Crippen LogP contribution in [0.5, 0.6) is 5.75 Å². The first-order valence-corrected chi connectivity index (χ1v) is 7.58. The largest absolute Gasteiger partial charge is 0.493 e. The van der Waals surface area contributed by atoms with Gasteiger partial charge in [-0.05, 0) is 42.6 Å². The van der Waals surface area contributed by atoms with E-state index in [9.17, 15) is 0 Å². The molecule has 0 amide bonds. The second-order valence-corrected chi connectivity index (χ2v) is 6.13. The molecule has 1 aliphatic heterocycles. The number of likely N-dealkylation sites (N-methyl/N-ethyl adjacent to an activating group) is 1. The number of methoxy groups -OCH3 is 1. The van der Waals surface area contributed by atoms with Crippen molar-refractivity contribution in [3.05, 3.63) is 28.3 Å². The van der Waals surface area contributed by atoms with Gasteiger partial charge in [0.1, 0.15) is 5.75 Å². The van der Waals surface area contributed by atoms with E-state index in [4.69, 9.17) is 21.1 Å². The molecule has 112 valence electrons. The highest BCUT2D eigenvalue weighted by molar-refractivity contribution is 6.30. The molecule has 0 aromatic heterocycles. The molecule has 1 aliphatic rings. The normalized spacial score (nSPS) is 16.9. The summed E-state index contributed by atoms with van der Waals surface area (Å²) in [4.78, 5) is 0. The van der Waals surface area contributed by atoms with Crippen molar-refractivity contribution in [2.75, 3.05) is 20.8 Å². The number of nitrogens with one attached hydrogen (secondary N) is 1. The van der Waals surface area contributed by atoms with Crippen LogP contribution in [0.15, 0.2) is 12.1 Å². The zero-order valence-corrected chi connectivity index (χ0v) is 13.5. The van der Waals surface area contributed by atoms with Crippen molar-refractivity contribution < 1.29 is 9.47 Å². The van der Waals surface area contributed by atoms with Crippen molar-refractivity contribution >= 4 is 11.6 Å². The van der Waals surface area contributed by atoms with Crippen LogP contribution in [0.4, 0.5) is 0 Å². The van der Waals surface area contributed by atoms with Crippen LogP contribution in [0.25, 0.3) is 0 Å². The summed E-state index contributed by atoms with van der Waals surface area (Å²) in [5.74, 6) is 1.47. The number of fused-ring (bicyclic) bond motifs is 1. The van der Waals surface area contributed by atoms with Gasteiger partial charge in [-0.15, -0.1) is 0 Å². The van der Waals surface area contributed by atoms with Gasteiger partial charge in [-0.3, -0.25) is 0 Å². The lowest BCUT2D eigenvalue weighted by Gasteiger charge is -2.29. The van der Waals surface area contributed by atoms with Crippen LogP contribution in [-0.2, 0) is 17.6 Å². The first-order valence-electron chi connectivity index (χ1n) is 7.21. The maximum atomic E-state index is 6.22. The zero-order chi connectivity index (χ0) is 14.7. The molecular weight excluding hydrogens is 274 g/mol. The van der Waals surface area contributed by atoms with Crippen molar-refractivity contribution in [1.82, 2.24) is 5.32 Å². The number of ether oxygens (including phenoxy) is 2. The average Bonchev–Trinajstić information content (AvgIpc) is 2.85. The van der Waals surface area contributed by atoms with Gasteiger partial charge < -0.3 is 14.8 Å². The molecule has 1 N–H and O–H groups in total. The molecule has 1 aromatic carbocycles. The van der Waals surface area contributed by atoms with E-state index in [2.05, 4.69) is 19.2 Å². The third-order valence-electron chi connectivity index (χ3n) is 3.96. The van der Waals surface area contributed by atoms with Crippen molar-refractivity contribution in [1.29, 1.82) is 0 Å². The first kappa shape index (κ1) is 15.6. The minimum atomic E-state index is 0.163. The summed E-state index contributed by atoms with van der Waals surface area (Å²) in [5, 5.41) is 4.16. The molecule has 3 nitrogen and oxygen atoms in total. The Balaban J connectivity index is 2.24. The number of halogens is 1. The fourth-order valence-electron chi connectivity index (χ4n) is 3.02. The highest BCUT2D eigenvalue weighted by Gasteiger charge is 2.26. The molecule has 20 heavy (non-hydrogen) atoms. The van der Waals surface area contributed by atoms with Gasteiger partial charge >= 0.3 is 0 Å². The zero-order valence-electron chi connectivity index (χ0n) is 12.7. The van der Waals surface area contributed by atoms with Crippen LogP contribution in [0.2, 0.25) is 5.02 Å². The Morgan fingerprint density at radius 3 is 2.75 bits per heavy atom. The third kappa shape index (κ3) is 3.27. The van der Waals surface area contributed by atoms with E-state index in [1.54, 1.807) is 7.11 Å². The van der Waals surface area contributed by atoms with Crippen molar-refractivity contribution in [2.45, 2.75) is 38.8 Å². The van der Waals surface area contributed by atoms with E-state index in [-0.39, 0.29) is 12.1 Å². The lowest BCUT2D eigenvalue weighted by molar-refractivity contribution is 0.0352. The highest BCUT2D eigenvalue weighted by atomic mass is 35.5. The Morgan fingerprint density at radius 2 is 2.15 bits per heavy atom. The van der Waals surface area contributed by atoms with Crippen molar-refractivity contribution in [2.24, 2.45) is 5.92 Å². The monoisotopic (exact) mass is 297 g/mol. The summed E-state index contributed by atoms with van der Waals surface area (Å²) in [5.41, 5.74) is 2.40. The number of rotatable bonds is 6. The van der Waals surface area contributed by atoms with Crippen LogP contribution in [-0.4, -0.2) is 32.9 Å². The molecule has 0 fully saturated rings. The van der Waals surface area contributed by atoms with Crippen LogP contribution in [0.1, 0.15) is 25.0 Å². The summed E-state index contributed by atoms with van der Waals surface area (Å²) in [6.45, 7) is 5.11. The lowest BCUT2D eigenvalue weighted by Crippen LogP contribution is -2.43. The van der Waals surface area contributed by atoms with Crippen LogP contribution < -0.4 is 10.1 Å². The molecule has 1 heterocycles. The standard InChI is InChI=1S/C16H24ClNO2/c1-10(2)15(19-4)14(18-3)9-12-8-13(17)7-11-5-6-20-16(11)12/h7-8,10,14-15,18H,5-6,9H2,1-4H3. The molecule has 0 bridgehead atoms. The van der Waals surface area contributed by atoms with Gasteiger partial charge in [-0.1, -0.05) is 25.4 Å². The van der Waals surface area contributed by atoms with Crippen LogP contribution in [0, 0.1) is 5.92 Å². The van der Waals surface area contributed by atoms with E-state index < -0.39 is 0 Å². The van der Waals surface area contributed by atoms with Gasteiger partial charge in [0.05, 0.1) is 12.7 Å². The topological polar surface area (TPSA) is 30.5 Å². The average molecular weight is 298 g/mol. The molecule has 0 saturated carbocycles. The van der Waals surface area contributed by atoms with Crippen LogP contribution >= 0.6 is 11.6 Å². The molecule has 0 spiro atoms. The Hall–Kier alpha value is -0.770. The minimum absolute atomic E-state index is 0.163. The van der Waals surface area contributed by atoms with Gasteiger partial charge in [0.2, 0.25) is 0 Å². The second kappa shape index (κ2) is 6.79. The molecule has 4 heteroatoms. The number of hydrogen-bond donors (Lipinski definition) is 1. The Morgan fingerprint density at radius 1 is 1.40 bits per heavy atom. The van der Waals surface area contributed by atoms with Crippen LogP contribution in [0.3, 0.4) is 0 Å². The summed E-state index contributed by atoms with van der Waals surface area (Å²) >= 11 is 6.22. The molecule has 2 atom stereocenters. The summed E-state index contributed by atoms with van der Waals surface area (Å²) in [6, 6.07) is 4.27. The quantitative estimate of drug-likeness (QED) is 0.875. The number of benzene rings is 1. The van der Waals surface area contributed by atoms with Gasteiger partial charge in [-0.2, -0.15) is 0 Å². The van der Waals surface area contributed by atoms with Crippen molar-refractivity contribution in [3.8, 4) is 5.75 Å². The van der Waals surface area contributed by atoms with Gasteiger partial charge in [-0.25, -0.2) is 0 Å². The van der Waals surface area contributed by atoms with E-state index in [1.165, 1.54) is 11.1 Å². The maximum absolute atomic E-state index is 6.22. The summed E-state index contributed by atoms with van der Waals surface area (Å²) in [7, 11) is 3.75. The predicted octanol–water partition coefficient (Wildman–Crippen LogP) is 3.08. The Bertz CT molecular complexity index is 462. The molecule has 2 rings (SSSR count). The fraction of sp³-hybridized carbons (Fsp3) is 0.625. The Kier molecular flexibility index (Phi) is 5.30. The summed E-state index contributed by atoms with van der Waals surface area (Å²) in [6.07, 6.45) is 1.97. The first-order chi connectivity index (χ1) is 9.56. The summed E-state index contributed by atoms with van der Waals surface area (Å²) < 4.78 is 11.4. The second-order valence-electron chi connectivity index (χ2n) is 5.70. The van der Waals surface area contributed by atoms with E-state index in [0.29, 0.717) is 5.92 Å². The van der Waals surface area contributed by atoms with Crippen molar-refractivity contribution in [3.63, 3.8) is 0 Å². The maximum Gasteiger partial charge on any atom is 0.125 e. The highest BCUT2D eigenvalue weighted by Crippen LogP contribution is 2.34. The van der Waals surface area contributed by atoms with Gasteiger partial charge in [0.15, 0.2) is 0 Å². The molecule has 0 radical (unpaired) electrons. The van der Waals surface area contributed by atoms with Gasteiger partial charge in [0, 0.05) is 24.6 Å². The molecular formula is C16H24ClNO2. The molecule has 1 aromatic rings.